The van der Waals surface area contributed by atoms with Crippen molar-refractivity contribution in [2.45, 2.75) is 57.4 Å². The molecule has 1 aromatic heterocycles. The lowest BCUT2D eigenvalue weighted by Crippen LogP contribution is -2.40. The molecule has 1 aliphatic heterocycles. The van der Waals surface area contributed by atoms with E-state index in [0.29, 0.717) is 29.3 Å². The zero-order chi connectivity index (χ0) is 16.9. The third-order valence-electron chi connectivity index (χ3n) is 4.64. The molecule has 1 aliphatic carbocycles. The van der Waals surface area contributed by atoms with E-state index in [1.54, 1.807) is 9.80 Å². The van der Waals surface area contributed by atoms with Gasteiger partial charge in [-0.05, 0) is 19.3 Å². The van der Waals surface area contributed by atoms with Crippen LogP contribution >= 0.6 is 11.3 Å². The Morgan fingerprint density at radius 1 is 1.25 bits per heavy atom. The first-order valence-electron chi connectivity index (χ1n) is 8.78. The lowest BCUT2D eigenvalue weighted by Gasteiger charge is -2.19. The second-order valence-electron chi connectivity index (χ2n) is 6.63. The number of hydrogen-bond acceptors (Lipinski definition) is 6. The van der Waals surface area contributed by atoms with Crippen LogP contribution in [-0.4, -0.2) is 48.2 Å². The molecular formula is C16H25N5O2S. The molecule has 2 heterocycles. The zero-order valence-electron chi connectivity index (χ0n) is 14.2. The predicted octanol–water partition coefficient (Wildman–Crippen LogP) is 1.94. The van der Waals surface area contributed by atoms with Crippen molar-refractivity contribution in [2.75, 3.05) is 29.9 Å². The summed E-state index contributed by atoms with van der Waals surface area (Å²) in [6.07, 6.45) is 8.55. The Morgan fingerprint density at radius 3 is 2.67 bits per heavy atom. The first-order valence-corrected chi connectivity index (χ1v) is 9.59. The molecule has 0 aromatic carbocycles. The molecule has 2 fully saturated rings. The molecule has 0 unspecified atom stereocenters. The van der Waals surface area contributed by atoms with Gasteiger partial charge in [0.05, 0.1) is 6.54 Å². The zero-order valence-corrected chi connectivity index (χ0v) is 15.0. The molecule has 1 saturated carbocycles. The van der Waals surface area contributed by atoms with E-state index < -0.39 is 0 Å². The molecule has 8 heteroatoms. The highest BCUT2D eigenvalue weighted by Crippen LogP contribution is 2.29. The van der Waals surface area contributed by atoms with Gasteiger partial charge in [-0.1, -0.05) is 37.0 Å². The average molecular weight is 351 g/mol. The van der Waals surface area contributed by atoms with Crippen LogP contribution in [0, 0.1) is 0 Å². The number of likely N-dealkylation sites (N-methyl/N-ethyl adjacent to an activating group) is 1. The monoisotopic (exact) mass is 351 g/mol. The van der Waals surface area contributed by atoms with E-state index >= 15 is 0 Å². The SMILES string of the molecule is CN(CC(=O)NC1CCCCCC1)c1nnc(N2CCCC2=O)s1. The molecular weight excluding hydrogens is 326 g/mol. The summed E-state index contributed by atoms with van der Waals surface area (Å²) in [4.78, 5) is 27.5. The van der Waals surface area contributed by atoms with Gasteiger partial charge in [-0.2, -0.15) is 0 Å². The van der Waals surface area contributed by atoms with Crippen LogP contribution in [0.1, 0.15) is 51.4 Å². The van der Waals surface area contributed by atoms with Gasteiger partial charge < -0.3 is 10.2 Å². The molecule has 1 N–H and O–H groups in total. The second-order valence-corrected chi connectivity index (χ2v) is 7.56. The Hall–Kier alpha value is -1.70. The maximum absolute atomic E-state index is 12.3. The molecule has 0 atom stereocenters. The minimum absolute atomic E-state index is 0.0263. The molecule has 2 aliphatic rings. The van der Waals surface area contributed by atoms with Crippen molar-refractivity contribution in [1.29, 1.82) is 0 Å². The number of hydrogen-bond donors (Lipinski definition) is 1. The van der Waals surface area contributed by atoms with Crippen LogP contribution in [0.15, 0.2) is 0 Å². The first-order chi connectivity index (χ1) is 11.6. The molecule has 132 valence electrons. The largest absolute Gasteiger partial charge is 0.352 e. The number of anilines is 2. The Labute approximate surface area is 146 Å². The fourth-order valence-corrected chi connectivity index (χ4v) is 4.15. The quantitative estimate of drug-likeness (QED) is 0.820. The molecule has 24 heavy (non-hydrogen) atoms. The van der Waals surface area contributed by atoms with E-state index in [1.807, 2.05) is 7.05 Å². The maximum Gasteiger partial charge on any atom is 0.239 e. The number of amides is 2. The van der Waals surface area contributed by atoms with Crippen LogP contribution in [0.2, 0.25) is 0 Å². The minimum Gasteiger partial charge on any atom is -0.352 e. The fourth-order valence-electron chi connectivity index (χ4n) is 3.30. The van der Waals surface area contributed by atoms with E-state index in [0.717, 1.165) is 19.3 Å². The van der Waals surface area contributed by atoms with Gasteiger partial charge in [0.1, 0.15) is 0 Å². The van der Waals surface area contributed by atoms with Gasteiger partial charge in [0.15, 0.2) is 0 Å². The summed E-state index contributed by atoms with van der Waals surface area (Å²) in [5.41, 5.74) is 0. The van der Waals surface area contributed by atoms with Crippen LogP contribution in [0.4, 0.5) is 10.3 Å². The summed E-state index contributed by atoms with van der Waals surface area (Å²) < 4.78 is 0. The Morgan fingerprint density at radius 2 is 2.00 bits per heavy atom. The lowest BCUT2D eigenvalue weighted by molar-refractivity contribution is -0.120. The number of nitrogens with one attached hydrogen (secondary N) is 1. The third kappa shape index (κ3) is 4.23. The van der Waals surface area contributed by atoms with Gasteiger partial charge in [-0.3, -0.25) is 14.5 Å². The van der Waals surface area contributed by atoms with Crippen molar-refractivity contribution in [1.82, 2.24) is 15.5 Å². The topological polar surface area (TPSA) is 78.4 Å². The highest BCUT2D eigenvalue weighted by molar-refractivity contribution is 7.19. The highest BCUT2D eigenvalue weighted by atomic mass is 32.1. The second kappa shape index (κ2) is 7.92. The number of rotatable bonds is 5. The van der Waals surface area contributed by atoms with Crippen molar-refractivity contribution in [2.24, 2.45) is 0 Å². The standard InChI is InChI=1S/C16H25N5O2S/c1-20(11-13(22)17-12-7-4-2-3-5-8-12)15-18-19-16(24-15)21-10-6-9-14(21)23/h12H,2-11H2,1H3,(H,17,22). The molecule has 0 radical (unpaired) electrons. The van der Waals surface area contributed by atoms with Crippen molar-refractivity contribution < 1.29 is 9.59 Å². The summed E-state index contributed by atoms with van der Waals surface area (Å²) in [5, 5.41) is 12.7. The van der Waals surface area contributed by atoms with Crippen molar-refractivity contribution in [3.8, 4) is 0 Å². The fraction of sp³-hybridized carbons (Fsp3) is 0.750. The molecule has 3 rings (SSSR count). The van der Waals surface area contributed by atoms with Crippen molar-refractivity contribution in [3.05, 3.63) is 0 Å². The summed E-state index contributed by atoms with van der Waals surface area (Å²) in [7, 11) is 1.84. The average Bonchev–Trinajstić information content (AvgIpc) is 3.11. The summed E-state index contributed by atoms with van der Waals surface area (Å²) >= 11 is 1.36. The van der Waals surface area contributed by atoms with E-state index in [4.69, 9.17) is 0 Å². The summed E-state index contributed by atoms with van der Waals surface area (Å²) in [6, 6.07) is 0.306. The minimum atomic E-state index is 0.0263. The Kier molecular flexibility index (Phi) is 5.65. The Bertz CT molecular complexity index is 583. The third-order valence-corrected chi connectivity index (χ3v) is 5.70. The predicted molar refractivity (Wildman–Crippen MR) is 94.4 cm³/mol. The van der Waals surface area contributed by atoms with Gasteiger partial charge in [-0.15, -0.1) is 10.2 Å². The van der Waals surface area contributed by atoms with Gasteiger partial charge in [0.2, 0.25) is 22.1 Å². The van der Waals surface area contributed by atoms with Gasteiger partial charge in [-0.25, -0.2) is 0 Å². The smallest absolute Gasteiger partial charge is 0.239 e. The van der Waals surface area contributed by atoms with E-state index in [-0.39, 0.29) is 18.4 Å². The molecule has 1 aromatic rings. The number of carbonyl (C=O) groups is 2. The molecule has 1 saturated heterocycles. The lowest BCUT2D eigenvalue weighted by atomic mass is 10.1. The van der Waals surface area contributed by atoms with Crippen LogP contribution in [0.25, 0.3) is 0 Å². The maximum atomic E-state index is 12.3. The summed E-state index contributed by atoms with van der Waals surface area (Å²) in [6.45, 7) is 0.971. The van der Waals surface area contributed by atoms with E-state index in [1.165, 1.54) is 37.0 Å². The van der Waals surface area contributed by atoms with E-state index in [9.17, 15) is 9.59 Å². The van der Waals surface area contributed by atoms with Crippen LogP contribution in [-0.2, 0) is 9.59 Å². The van der Waals surface area contributed by atoms with Crippen molar-refractivity contribution in [3.63, 3.8) is 0 Å². The molecule has 0 bridgehead atoms. The van der Waals surface area contributed by atoms with Gasteiger partial charge in [0, 0.05) is 26.1 Å². The number of nitrogens with zero attached hydrogens (tertiary/aromatic N) is 4. The summed E-state index contributed by atoms with van der Waals surface area (Å²) in [5.74, 6) is 0.129. The molecule has 7 nitrogen and oxygen atoms in total. The van der Waals surface area contributed by atoms with Crippen LogP contribution in [0.5, 0.6) is 0 Å². The molecule has 0 spiro atoms. The van der Waals surface area contributed by atoms with Crippen LogP contribution < -0.4 is 15.1 Å². The van der Waals surface area contributed by atoms with Crippen LogP contribution in [0.3, 0.4) is 0 Å². The highest BCUT2D eigenvalue weighted by Gasteiger charge is 2.26. The van der Waals surface area contributed by atoms with E-state index in [2.05, 4.69) is 15.5 Å². The number of aromatic nitrogens is 2. The molecule has 2 amide bonds. The van der Waals surface area contributed by atoms with Gasteiger partial charge >= 0.3 is 0 Å². The van der Waals surface area contributed by atoms with Crippen molar-refractivity contribution >= 4 is 33.4 Å². The van der Waals surface area contributed by atoms with Gasteiger partial charge in [0.25, 0.3) is 0 Å². The number of carbonyl (C=O) groups excluding carboxylic acids is 2. The Balaban J connectivity index is 1.52. The first kappa shape index (κ1) is 17.1. The normalized spacial score (nSPS) is 19.4.